The first kappa shape index (κ1) is 19.1. The van der Waals surface area contributed by atoms with Crippen molar-refractivity contribution in [2.45, 2.75) is 6.54 Å². The number of pyridine rings is 1. The number of fused-ring (bicyclic) bond motifs is 2. The Hall–Kier alpha value is -3.90. The quantitative estimate of drug-likeness (QED) is 0.454. The molecule has 0 saturated carbocycles. The van der Waals surface area contributed by atoms with Crippen molar-refractivity contribution in [1.29, 1.82) is 0 Å². The third kappa shape index (κ3) is 3.58. The van der Waals surface area contributed by atoms with Crippen LogP contribution in [0.2, 0.25) is 5.02 Å². The zero-order valence-corrected chi connectivity index (χ0v) is 17.1. The second-order valence-electron chi connectivity index (χ2n) is 7.15. The van der Waals surface area contributed by atoms with Gasteiger partial charge in [0.05, 0.1) is 5.39 Å². The fourth-order valence-corrected chi connectivity index (χ4v) is 3.72. The molecule has 0 bridgehead atoms. The predicted molar refractivity (Wildman–Crippen MR) is 122 cm³/mol. The Morgan fingerprint density at radius 2 is 1.71 bits per heavy atom. The van der Waals surface area contributed by atoms with Gasteiger partial charge in [-0.2, -0.15) is 0 Å². The van der Waals surface area contributed by atoms with Gasteiger partial charge in [-0.1, -0.05) is 48.0 Å². The fourth-order valence-electron chi connectivity index (χ4n) is 3.59. The smallest absolute Gasteiger partial charge is 0.272 e. The lowest BCUT2D eigenvalue weighted by molar-refractivity contribution is 0.101. The molecule has 0 spiro atoms. The fraction of sp³-hybridized carbons (Fsp3) is 0.0417. The van der Waals surface area contributed by atoms with E-state index in [2.05, 4.69) is 10.3 Å². The predicted octanol–water partition coefficient (Wildman–Crippen LogP) is 4.60. The van der Waals surface area contributed by atoms with Crippen molar-refractivity contribution in [2.75, 3.05) is 5.32 Å². The highest BCUT2D eigenvalue weighted by molar-refractivity contribution is 6.30. The van der Waals surface area contributed by atoms with Gasteiger partial charge in [0.1, 0.15) is 17.0 Å². The van der Waals surface area contributed by atoms with Crippen molar-refractivity contribution >= 4 is 39.9 Å². The third-order valence-corrected chi connectivity index (χ3v) is 5.35. The Balaban J connectivity index is 1.68. The molecular formula is C24H17ClN4O2. The number of nitrogens with zero attached hydrogens (tertiary/aromatic N) is 3. The van der Waals surface area contributed by atoms with Crippen molar-refractivity contribution in [1.82, 2.24) is 14.0 Å². The second kappa shape index (κ2) is 7.74. The maximum absolute atomic E-state index is 13.2. The maximum atomic E-state index is 13.2. The summed E-state index contributed by atoms with van der Waals surface area (Å²) in [6.45, 7) is 0.406. The van der Waals surface area contributed by atoms with E-state index in [4.69, 9.17) is 11.6 Å². The number of anilines is 1. The Kier molecular flexibility index (Phi) is 4.76. The molecule has 5 aromatic rings. The summed E-state index contributed by atoms with van der Waals surface area (Å²) in [5.41, 5.74) is 2.75. The highest BCUT2D eigenvalue weighted by Gasteiger charge is 2.20. The number of amides is 1. The molecule has 1 amide bonds. The number of halogens is 1. The number of aromatic nitrogens is 3. The molecule has 3 heterocycles. The van der Waals surface area contributed by atoms with E-state index in [0.717, 1.165) is 5.56 Å². The Labute approximate surface area is 182 Å². The van der Waals surface area contributed by atoms with Crippen LogP contribution in [0.4, 0.5) is 5.69 Å². The summed E-state index contributed by atoms with van der Waals surface area (Å²) in [6, 6.07) is 23.6. The van der Waals surface area contributed by atoms with Gasteiger partial charge in [-0.15, -0.1) is 0 Å². The normalized spacial score (nSPS) is 11.1. The molecular weight excluding hydrogens is 412 g/mol. The van der Waals surface area contributed by atoms with Gasteiger partial charge >= 0.3 is 0 Å². The minimum absolute atomic E-state index is 0.215. The van der Waals surface area contributed by atoms with Crippen molar-refractivity contribution in [3.8, 4) is 0 Å². The van der Waals surface area contributed by atoms with Crippen LogP contribution in [0.5, 0.6) is 0 Å². The van der Waals surface area contributed by atoms with Gasteiger partial charge in [0.15, 0.2) is 0 Å². The van der Waals surface area contributed by atoms with E-state index >= 15 is 0 Å². The topological polar surface area (TPSA) is 68.4 Å². The van der Waals surface area contributed by atoms with Crippen LogP contribution in [0.15, 0.2) is 89.9 Å². The number of nitrogens with one attached hydrogen (secondary N) is 1. The first-order chi connectivity index (χ1) is 15.1. The van der Waals surface area contributed by atoms with E-state index in [1.54, 1.807) is 53.2 Å². The summed E-state index contributed by atoms with van der Waals surface area (Å²) in [4.78, 5) is 31.0. The summed E-state index contributed by atoms with van der Waals surface area (Å²) >= 11 is 5.94. The van der Waals surface area contributed by atoms with Gasteiger partial charge in [0.2, 0.25) is 0 Å². The zero-order valence-electron chi connectivity index (χ0n) is 16.3. The Morgan fingerprint density at radius 3 is 2.48 bits per heavy atom. The van der Waals surface area contributed by atoms with Crippen molar-refractivity contribution in [3.05, 3.63) is 112 Å². The van der Waals surface area contributed by atoms with Gasteiger partial charge < -0.3 is 9.88 Å². The molecule has 6 nitrogen and oxygen atoms in total. The van der Waals surface area contributed by atoms with Gasteiger partial charge in [-0.3, -0.25) is 14.0 Å². The molecule has 2 aromatic carbocycles. The summed E-state index contributed by atoms with van der Waals surface area (Å²) in [6.07, 6.45) is 1.67. The van der Waals surface area contributed by atoms with Crippen LogP contribution in [-0.4, -0.2) is 19.9 Å². The molecule has 152 valence electrons. The average Bonchev–Trinajstić information content (AvgIpc) is 3.15. The average molecular weight is 429 g/mol. The molecule has 0 radical (unpaired) electrons. The minimum atomic E-state index is -0.329. The van der Waals surface area contributed by atoms with E-state index < -0.39 is 0 Å². The second-order valence-corrected chi connectivity index (χ2v) is 7.58. The Morgan fingerprint density at radius 1 is 0.968 bits per heavy atom. The molecule has 1 N–H and O–H groups in total. The molecule has 0 fully saturated rings. The molecule has 0 aliphatic heterocycles. The van der Waals surface area contributed by atoms with Crippen LogP contribution < -0.4 is 10.9 Å². The summed E-state index contributed by atoms with van der Waals surface area (Å²) in [5, 5.41) is 3.85. The van der Waals surface area contributed by atoms with Crippen LogP contribution in [0.1, 0.15) is 16.1 Å². The number of carbonyl (C=O) groups is 1. The van der Waals surface area contributed by atoms with Crippen LogP contribution >= 0.6 is 11.6 Å². The highest BCUT2D eigenvalue weighted by atomic mass is 35.5. The van der Waals surface area contributed by atoms with E-state index in [1.165, 1.54) is 4.40 Å². The first-order valence-corrected chi connectivity index (χ1v) is 10.1. The van der Waals surface area contributed by atoms with Crippen molar-refractivity contribution in [3.63, 3.8) is 0 Å². The SMILES string of the molecule is O=C(Nc1ccc(Cl)cc1)c1cc2c(=O)n3ccccc3nc2n1Cc1ccccc1. The van der Waals surface area contributed by atoms with Crippen LogP contribution in [0.3, 0.4) is 0 Å². The summed E-state index contributed by atoms with van der Waals surface area (Å²) in [5.74, 6) is -0.329. The standard InChI is InChI=1S/C24H17ClN4O2/c25-17-9-11-18(12-10-17)26-23(30)20-14-19-22(29(20)15-16-6-2-1-3-7-16)27-21-8-4-5-13-28(21)24(19)31/h1-14H,15H2,(H,26,30). The number of carbonyl (C=O) groups excluding carboxylic acids is 1. The molecule has 0 aliphatic rings. The zero-order chi connectivity index (χ0) is 21.4. The van der Waals surface area contributed by atoms with Gasteiger partial charge in [0, 0.05) is 23.5 Å². The van der Waals surface area contributed by atoms with Crippen molar-refractivity contribution in [2.24, 2.45) is 0 Å². The molecule has 31 heavy (non-hydrogen) atoms. The van der Waals surface area contributed by atoms with E-state index in [9.17, 15) is 9.59 Å². The van der Waals surface area contributed by atoms with Crippen LogP contribution in [-0.2, 0) is 6.54 Å². The number of benzene rings is 2. The summed E-state index contributed by atoms with van der Waals surface area (Å²) in [7, 11) is 0. The van der Waals surface area contributed by atoms with E-state index in [1.807, 2.05) is 36.4 Å². The molecule has 3 aromatic heterocycles. The molecule has 0 unspecified atom stereocenters. The largest absolute Gasteiger partial charge is 0.321 e. The maximum Gasteiger partial charge on any atom is 0.272 e. The van der Waals surface area contributed by atoms with Gasteiger partial charge in [-0.25, -0.2) is 4.98 Å². The molecule has 7 heteroatoms. The minimum Gasteiger partial charge on any atom is -0.321 e. The van der Waals surface area contributed by atoms with E-state index in [-0.39, 0.29) is 11.5 Å². The third-order valence-electron chi connectivity index (χ3n) is 5.09. The summed E-state index contributed by atoms with van der Waals surface area (Å²) < 4.78 is 3.26. The Bertz CT molecular complexity index is 1470. The lowest BCUT2D eigenvalue weighted by Crippen LogP contribution is -2.18. The monoisotopic (exact) mass is 428 g/mol. The number of rotatable bonds is 4. The van der Waals surface area contributed by atoms with Crippen molar-refractivity contribution < 1.29 is 4.79 Å². The number of hydrogen-bond acceptors (Lipinski definition) is 3. The van der Waals surface area contributed by atoms with Crippen LogP contribution in [0, 0.1) is 0 Å². The highest BCUT2D eigenvalue weighted by Crippen LogP contribution is 2.21. The molecule has 0 saturated heterocycles. The molecule has 0 aliphatic carbocycles. The molecule has 5 rings (SSSR count). The van der Waals surface area contributed by atoms with Gasteiger partial charge in [-0.05, 0) is 48.0 Å². The lowest BCUT2D eigenvalue weighted by atomic mass is 10.2. The van der Waals surface area contributed by atoms with Crippen LogP contribution in [0.25, 0.3) is 16.7 Å². The van der Waals surface area contributed by atoms with Gasteiger partial charge in [0.25, 0.3) is 11.5 Å². The molecule has 0 atom stereocenters. The lowest BCUT2D eigenvalue weighted by Gasteiger charge is -2.11. The first-order valence-electron chi connectivity index (χ1n) is 9.71. The number of hydrogen-bond donors (Lipinski definition) is 1. The van der Waals surface area contributed by atoms with E-state index in [0.29, 0.717) is 39.6 Å².